The molecule has 23 heavy (non-hydrogen) atoms. The summed E-state index contributed by atoms with van der Waals surface area (Å²) in [5, 5.41) is 5.05. The normalized spacial score (nSPS) is 13.7. The zero-order valence-corrected chi connectivity index (χ0v) is 14.6. The van der Waals surface area contributed by atoms with Crippen LogP contribution in [0.25, 0.3) is 11.1 Å². The Kier molecular flexibility index (Phi) is 5.16. The number of benzene rings is 2. The first kappa shape index (κ1) is 16.3. The predicted octanol–water partition coefficient (Wildman–Crippen LogP) is 5.74. The molecule has 0 saturated heterocycles. The van der Waals surface area contributed by atoms with Crippen LogP contribution in [0.15, 0.2) is 65.4 Å². The second kappa shape index (κ2) is 7.31. The minimum absolute atomic E-state index is 0.0842. The fraction of sp³-hybridized carbons (Fsp3) is 0.200. The molecule has 2 aromatic carbocycles. The summed E-state index contributed by atoms with van der Waals surface area (Å²) in [6.07, 6.45) is 0.928. The third-order valence-corrected chi connectivity index (χ3v) is 5.11. The van der Waals surface area contributed by atoms with E-state index in [4.69, 9.17) is 17.3 Å². The molecule has 3 heteroatoms. The van der Waals surface area contributed by atoms with Crippen molar-refractivity contribution in [3.05, 3.63) is 81.5 Å². The smallest absolute Gasteiger partial charge is 0.0406 e. The molecule has 0 aliphatic carbocycles. The molecule has 0 bridgehead atoms. The lowest BCUT2D eigenvalue weighted by Crippen LogP contribution is -2.26. The van der Waals surface area contributed by atoms with Crippen LogP contribution in [0.5, 0.6) is 0 Å². The Labute approximate surface area is 146 Å². The molecule has 2 atom stereocenters. The van der Waals surface area contributed by atoms with Gasteiger partial charge in [0.15, 0.2) is 0 Å². The summed E-state index contributed by atoms with van der Waals surface area (Å²) in [5.41, 5.74) is 11.4. The van der Waals surface area contributed by atoms with Gasteiger partial charge in [0.2, 0.25) is 0 Å². The molecule has 0 aliphatic rings. The van der Waals surface area contributed by atoms with E-state index in [1.807, 2.05) is 12.1 Å². The molecule has 1 nitrogen and oxygen atoms in total. The van der Waals surface area contributed by atoms with Crippen molar-refractivity contribution in [1.29, 1.82) is 0 Å². The lowest BCUT2D eigenvalue weighted by Gasteiger charge is -2.22. The number of rotatable bonds is 5. The topological polar surface area (TPSA) is 26.0 Å². The van der Waals surface area contributed by atoms with Gasteiger partial charge in [-0.05, 0) is 64.6 Å². The fourth-order valence-electron chi connectivity index (χ4n) is 2.88. The molecule has 1 aromatic heterocycles. The zero-order chi connectivity index (χ0) is 16.2. The average Bonchev–Trinajstić information content (AvgIpc) is 3.08. The predicted molar refractivity (Wildman–Crippen MR) is 101 cm³/mol. The van der Waals surface area contributed by atoms with E-state index in [1.165, 1.54) is 22.3 Å². The lowest BCUT2D eigenvalue weighted by atomic mass is 9.86. The third-order valence-electron chi connectivity index (χ3n) is 4.17. The molecule has 0 saturated carbocycles. The molecule has 2 N–H and O–H groups in total. The summed E-state index contributed by atoms with van der Waals surface area (Å²) in [6, 6.07) is 19.0. The van der Waals surface area contributed by atoms with Crippen molar-refractivity contribution in [2.75, 3.05) is 0 Å². The van der Waals surface area contributed by atoms with Crippen LogP contribution in [0.2, 0.25) is 5.02 Å². The summed E-state index contributed by atoms with van der Waals surface area (Å²) >= 11 is 7.73. The SMILES string of the molecule is CC(N)C(Cc1cccc(-c2ccsc2)c1)c1ccc(Cl)cc1. The summed E-state index contributed by atoms with van der Waals surface area (Å²) in [4.78, 5) is 0. The highest BCUT2D eigenvalue weighted by Crippen LogP contribution is 2.28. The number of thiophene rings is 1. The number of hydrogen-bond donors (Lipinski definition) is 1. The Bertz CT molecular complexity index is 748. The first-order valence-electron chi connectivity index (χ1n) is 7.76. The van der Waals surface area contributed by atoms with E-state index < -0.39 is 0 Å². The van der Waals surface area contributed by atoms with Crippen LogP contribution < -0.4 is 5.73 Å². The van der Waals surface area contributed by atoms with Crippen LogP contribution in [0, 0.1) is 0 Å². The van der Waals surface area contributed by atoms with Crippen LogP contribution >= 0.6 is 22.9 Å². The van der Waals surface area contributed by atoms with Crippen molar-refractivity contribution < 1.29 is 0 Å². The second-order valence-electron chi connectivity index (χ2n) is 5.93. The molecule has 3 rings (SSSR count). The maximum Gasteiger partial charge on any atom is 0.0406 e. The first-order valence-corrected chi connectivity index (χ1v) is 9.08. The van der Waals surface area contributed by atoms with Crippen molar-refractivity contribution in [3.8, 4) is 11.1 Å². The van der Waals surface area contributed by atoms with Gasteiger partial charge in [0.25, 0.3) is 0 Å². The highest BCUT2D eigenvalue weighted by Gasteiger charge is 2.17. The molecule has 0 aliphatic heterocycles. The van der Waals surface area contributed by atoms with Gasteiger partial charge in [-0.3, -0.25) is 0 Å². The highest BCUT2D eigenvalue weighted by atomic mass is 35.5. The maximum absolute atomic E-state index is 6.26. The fourth-order valence-corrected chi connectivity index (χ4v) is 3.67. The molecule has 2 unspecified atom stereocenters. The Morgan fingerprint density at radius 1 is 1.04 bits per heavy atom. The van der Waals surface area contributed by atoms with Gasteiger partial charge in [-0.2, -0.15) is 11.3 Å². The Balaban J connectivity index is 1.86. The van der Waals surface area contributed by atoms with Gasteiger partial charge in [-0.25, -0.2) is 0 Å². The van der Waals surface area contributed by atoms with Gasteiger partial charge in [0.1, 0.15) is 0 Å². The molecule has 118 valence electrons. The van der Waals surface area contributed by atoms with E-state index in [9.17, 15) is 0 Å². The Hall–Kier alpha value is -1.61. The average molecular weight is 342 g/mol. The zero-order valence-electron chi connectivity index (χ0n) is 13.1. The van der Waals surface area contributed by atoms with Gasteiger partial charge < -0.3 is 5.73 Å². The quantitative estimate of drug-likeness (QED) is 0.629. The maximum atomic E-state index is 6.26. The number of hydrogen-bond acceptors (Lipinski definition) is 2. The van der Waals surface area contributed by atoms with Crippen LogP contribution in [0.4, 0.5) is 0 Å². The molecular formula is C20H20ClNS. The number of nitrogens with two attached hydrogens (primary N) is 1. The van der Waals surface area contributed by atoms with E-state index in [2.05, 4.69) is 60.1 Å². The van der Waals surface area contributed by atoms with Crippen LogP contribution in [-0.4, -0.2) is 6.04 Å². The van der Waals surface area contributed by atoms with Crippen molar-refractivity contribution in [2.24, 2.45) is 5.73 Å². The van der Waals surface area contributed by atoms with Crippen LogP contribution in [-0.2, 0) is 6.42 Å². The molecular weight excluding hydrogens is 322 g/mol. The Morgan fingerprint density at radius 2 is 1.83 bits per heavy atom. The molecule has 0 radical (unpaired) electrons. The van der Waals surface area contributed by atoms with Crippen molar-refractivity contribution in [2.45, 2.75) is 25.3 Å². The van der Waals surface area contributed by atoms with Crippen molar-refractivity contribution in [1.82, 2.24) is 0 Å². The summed E-state index contributed by atoms with van der Waals surface area (Å²) in [7, 11) is 0. The third kappa shape index (κ3) is 4.03. The van der Waals surface area contributed by atoms with Gasteiger partial charge >= 0.3 is 0 Å². The largest absolute Gasteiger partial charge is 0.327 e. The minimum Gasteiger partial charge on any atom is -0.327 e. The van der Waals surface area contributed by atoms with Crippen molar-refractivity contribution >= 4 is 22.9 Å². The Morgan fingerprint density at radius 3 is 2.48 bits per heavy atom. The van der Waals surface area contributed by atoms with Gasteiger partial charge in [0.05, 0.1) is 0 Å². The highest BCUT2D eigenvalue weighted by molar-refractivity contribution is 7.08. The van der Waals surface area contributed by atoms with E-state index in [1.54, 1.807) is 11.3 Å². The molecule has 0 spiro atoms. The van der Waals surface area contributed by atoms with Gasteiger partial charge in [-0.1, -0.05) is 48.0 Å². The monoisotopic (exact) mass is 341 g/mol. The van der Waals surface area contributed by atoms with Crippen LogP contribution in [0.1, 0.15) is 24.0 Å². The first-order chi connectivity index (χ1) is 11.1. The van der Waals surface area contributed by atoms with E-state index >= 15 is 0 Å². The van der Waals surface area contributed by atoms with Gasteiger partial charge in [-0.15, -0.1) is 0 Å². The van der Waals surface area contributed by atoms with Crippen LogP contribution in [0.3, 0.4) is 0 Å². The molecule has 0 amide bonds. The molecule has 1 heterocycles. The summed E-state index contributed by atoms with van der Waals surface area (Å²) in [6.45, 7) is 2.07. The second-order valence-corrected chi connectivity index (χ2v) is 7.15. The minimum atomic E-state index is 0.0842. The van der Waals surface area contributed by atoms with Gasteiger partial charge in [0, 0.05) is 17.0 Å². The van der Waals surface area contributed by atoms with E-state index in [-0.39, 0.29) is 12.0 Å². The summed E-state index contributed by atoms with van der Waals surface area (Å²) in [5.74, 6) is 0.282. The van der Waals surface area contributed by atoms with E-state index in [0.29, 0.717) is 0 Å². The lowest BCUT2D eigenvalue weighted by molar-refractivity contribution is 0.565. The standard InChI is InChI=1S/C20H20ClNS/c1-14(22)20(16-5-7-19(21)8-6-16)12-15-3-2-4-17(11-15)18-9-10-23-13-18/h2-11,13-14,20H,12,22H2,1H3. The summed E-state index contributed by atoms with van der Waals surface area (Å²) < 4.78 is 0. The van der Waals surface area contributed by atoms with Crippen molar-refractivity contribution in [3.63, 3.8) is 0 Å². The molecule has 0 fully saturated rings. The number of halogens is 1. The van der Waals surface area contributed by atoms with E-state index in [0.717, 1.165) is 11.4 Å². The molecule has 3 aromatic rings.